The fourth-order valence-corrected chi connectivity index (χ4v) is 1.67. The van der Waals surface area contributed by atoms with Gasteiger partial charge in [0.15, 0.2) is 11.6 Å². The van der Waals surface area contributed by atoms with Crippen LogP contribution in [-0.4, -0.2) is 25.9 Å². The van der Waals surface area contributed by atoms with Crippen molar-refractivity contribution in [3.63, 3.8) is 0 Å². The Morgan fingerprint density at radius 1 is 1.30 bits per heavy atom. The number of ether oxygens (including phenoxy) is 2. The van der Waals surface area contributed by atoms with E-state index in [0.29, 0.717) is 24.5 Å². The number of unbranched alkanes of at least 4 members (excludes halogenated alkanes) is 1. The van der Waals surface area contributed by atoms with Crippen molar-refractivity contribution in [2.24, 2.45) is 0 Å². The molecule has 0 aromatic heterocycles. The van der Waals surface area contributed by atoms with Crippen LogP contribution in [0.5, 0.6) is 5.75 Å². The predicted molar refractivity (Wildman–Crippen MR) is 80.8 cm³/mol. The Balaban J connectivity index is 2.52. The first-order valence-corrected chi connectivity index (χ1v) is 7.11. The number of anilines is 2. The van der Waals surface area contributed by atoms with Gasteiger partial charge in [-0.15, -0.1) is 0 Å². The smallest absolute Gasteiger partial charge is 0.167 e. The first-order chi connectivity index (χ1) is 9.54. The van der Waals surface area contributed by atoms with Crippen LogP contribution in [0.1, 0.15) is 33.6 Å². The summed E-state index contributed by atoms with van der Waals surface area (Å²) in [6.07, 6.45) is 2.10. The van der Waals surface area contributed by atoms with E-state index in [1.165, 1.54) is 6.07 Å². The average Bonchev–Trinajstić information content (AvgIpc) is 2.38. The molecule has 114 valence electrons. The van der Waals surface area contributed by atoms with E-state index in [2.05, 4.69) is 12.2 Å². The molecule has 0 atom stereocenters. The monoisotopic (exact) mass is 284 g/mol. The summed E-state index contributed by atoms with van der Waals surface area (Å²) in [6.45, 7) is 7.81. The van der Waals surface area contributed by atoms with Crippen LogP contribution in [0.15, 0.2) is 12.1 Å². The van der Waals surface area contributed by atoms with Gasteiger partial charge in [-0.2, -0.15) is 0 Å². The van der Waals surface area contributed by atoms with E-state index in [0.717, 1.165) is 19.4 Å². The van der Waals surface area contributed by atoms with Crippen molar-refractivity contribution in [1.29, 1.82) is 0 Å². The minimum atomic E-state index is -0.444. The molecule has 5 heteroatoms. The largest absolute Gasteiger partial charge is 0.488 e. The van der Waals surface area contributed by atoms with Crippen molar-refractivity contribution in [2.75, 3.05) is 30.8 Å². The Morgan fingerprint density at radius 3 is 2.70 bits per heavy atom. The average molecular weight is 284 g/mol. The lowest BCUT2D eigenvalue weighted by atomic mass is 10.2. The van der Waals surface area contributed by atoms with E-state index in [1.807, 2.05) is 13.8 Å². The summed E-state index contributed by atoms with van der Waals surface area (Å²) in [5.74, 6) is -0.232. The van der Waals surface area contributed by atoms with Crippen LogP contribution < -0.4 is 15.8 Å². The van der Waals surface area contributed by atoms with Gasteiger partial charge in [-0.05, 0) is 20.3 Å². The molecule has 0 fully saturated rings. The van der Waals surface area contributed by atoms with Gasteiger partial charge >= 0.3 is 0 Å². The minimum absolute atomic E-state index is 0.0849. The number of halogens is 1. The fraction of sp³-hybridized carbons (Fsp3) is 0.600. The molecule has 4 nitrogen and oxygen atoms in total. The molecule has 1 aromatic carbocycles. The molecular weight excluding hydrogens is 259 g/mol. The zero-order valence-electron chi connectivity index (χ0n) is 12.5. The Morgan fingerprint density at radius 2 is 2.05 bits per heavy atom. The molecule has 0 aliphatic carbocycles. The van der Waals surface area contributed by atoms with Crippen LogP contribution in [0, 0.1) is 5.82 Å². The Kier molecular flexibility index (Phi) is 7.15. The third-order valence-corrected chi connectivity index (χ3v) is 2.67. The fourth-order valence-electron chi connectivity index (χ4n) is 1.67. The maximum absolute atomic E-state index is 13.7. The summed E-state index contributed by atoms with van der Waals surface area (Å²) in [6, 6.07) is 2.87. The highest BCUT2D eigenvalue weighted by atomic mass is 19.1. The van der Waals surface area contributed by atoms with Gasteiger partial charge in [-0.25, -0.2) is 4.39 Å². The lowest BCUT2D eigenvalue weighted by molar-refractivity contribution is 0.141. The number of benzene rings is 1. The molecule has 0 aliphatic heterocycles. The second-order valence-electron chi connectivity index (χ2n) is 4.93. The van der Waals surface area contributed by atoms with Crippen LogP contribution in [0.2, 0.25) is 0 Å². The number of nitrogens with one attached hydrogen (secondary N) is 1. The third-order valence-electron chi connectivity index (χ3n) is 2.67. The molecule has 0 radical (unpaired) electrons. The highest BCUT2D eigenvalue weighted by Crippen LogP contribution is 2.28. The van der Waals surface area contributed by atoms with Gasteiger partial charge in [-0.1, -0.05) is 13.3 Å². The van der Waals surface area contributed by atoms with E-state index < -0.39 is 5.82 Å². The standard InChI is InChI=1S/C15H25FN2O2/c1-4-5-7-19-8-6-18-14-10-15(20-11(2)3)12(16)9-13(14)17/h9-11,18H,4-8,17H2,1-3H3. The number of hydrogen-bond donors (Lipinski definition) is 2. The SMILES string of the molecule is CCCCOCCNc1cc(OC(C)C)c(F)cc1N. The summed E-state index contributed by atoms with van der Waals surface area (Å²) in [5.41, 5.74) is 6.82. The first-order valence-electron chi connectivity index (χ1n) is 7.11. The predicted octanol–water partition coefficient (Wildman–Crippen LogP) is 3.42. The van der Waals surface area contributed by atoms with Gasteiger partial charge in [0.2, 0.25) is 0 Å². The minimum Gasteiger partial charge on any atom is -0.488 e. The number of nitrogen functional groups attached to an aromatic ring is 1. The maximum atomic E-state index is 13.7. The zero-order chi connectivity index (χ0) is 15.0. The second-order valence-corrected chi connectivity index (χ2v) is 4.93. The highest BCUT2D eigenvalue weighted by Gasteiger charge is 2.10. The Bertz CT molecular complexity index is 411. The zero-order valence-corrected chi connectivity index (χ0v) is 12.5. The van der Waals surface area contributed by atoms with E-state index in [-0.39, 0.29) is 11.9 Å². The van der Waals surface area contributed by atoms with E-state index in [1.54, 1.807) is 6.07 Å². The van der Waals surface area contributed by atoms with Gasteiger partial charge in [0.05, 0.1) is 24.1 Å². The Hall–Kier alpha value is -1.49. The quantitative estimate of drug-likeness (QED) is 0.539. The lowest BCUT2D eigenvalue weighted by Gasteiger charge is -2.15. The molecular formula is C15H25FN2O2. The Labute approximate surface area is 120 Å². The van der Waals surface area contributed by atoms with Crippen molar-refractivity contribution in [3.8, 4) is 5.75 Å². The van der Waals surface area contributed by atoms with Crippen LogP contribution in [-0.2, 0) is 4.74 Å². The van der Waals surface area contributed by atoms with Crippen molar-refractivity contribution >= 4 is 11.4 Å². The molecule has 0 spiro atoms. The van der Waals surface area contributed by atoms with Crippen LogP contribution in [0.4, 0.5) is 15.8 Å². The van der Waals surface area contributed by atoms with Crippen molar-refractivity contribution in [3.05, 3.63) is 17.9 Å². The van der Waals surface area contributed by atoms with Gasteiger partial charge in [0, 0.05) is 25.3 Å². The number of rotatable bonds is 9. The van der Waals surface area contributed by atoms with Gasteiger partial charge < -0.3 is 20.5 Å². The topological polar surface area (TPSA) is 56.5 Å². The normalized spacial score (nSPS) is 10.8. The summed E-state index contributed by atoms with van der Waals surface area (Å²) in [7, 11) is 0. The van der Waals surface area contributed by atoms with Crippen LogP contribution in [0.3, 0.4) is 0 Å². The van der Waals surface area contributed by atoms with Crippen LogP contribution >= 0.6 is 0 Å². The molecule has 1 rings (SSSR count). The molecule has 20 heavy (non-hydrogen) atoms. The summed E-state index contributed by atoms with van der Waals surface area (Å²) >= 11 is 0. The molecule has 0 saturated carbocycles. The molecule has 0 bridgehead atoms. The molecule has 0 unspecified atom stereocenters. The molecule has 1 aromatic rings. The van der Waals surface area contributed by atoms with E-state index in [9.17, 15) is 4.39 Å². The van der Waals surface area contributed by atoms with Gasteiger partial charge in [0.25, 0.3) is 0 Å². The maximum Gasteiger partial charge on any atom is 0.167 e. The highest BCUT2D eigenvalue weighted by molar-refractivity contribution is 5.68. The molecule has 0 amide bonds. The van der Waals surface area contributed by atoms with Crippen molar-refractivity contribution in [2.45, 2.75) is 39.7 Å². The molecule has 0 aliphatic rings. The third kappa shape index (κ3) is 5.65. The van der Waals surface area contributed by atoms with Crippen molar-refractivity contribution < 1.29 is 13.9 Å². The molecule has 3 N–H and O–H groups in total. The summed E-state index contributed by atoms with van der Waals surface area (Å²) in [4.78, 5) is 0. The summed E-state index contributed by atoms with van der Waals surface area (Å²) in [5, 5.41) is 3.13. The first kappa shape index (κ1) is 16.6. The lowest BCUT2D eigenvalue weighted by Crippen LogP contribution is -2.12. The number of hydrogen-bond acceptors (Lipinski definition) is 4. The van der Waals surface area contributed by atoms with Gasteiger partial charge in [0.1, 0.15) is 0 Å². The molecule has 0 heterocycles. The van der Waals surface area contributed by atoms with E-state index >= 15 is 0 Å². The van der Waals surface area contributed by atoms with Crippen molar-refractivity contribution in [1.82, 2.24) is 0 Å². The number of nitrogens with two attached hydrogens (primary N) is 1. The van der Waals surface area contributed by atoms with E-state index in [4.69, 9.17) is 15.2 Å². The summed E-state index contributed by atoms with van der Waals surface area (Å²) < 4.78 is 24.5. The van der Waals surface area contributed by atoms with Crippen LogP contribution in [0.25, 0.3) is 0 Å². The second kappa shape index (κ2) is 8.64. The molecule has 0 saturated heterocycles. The van der Waals surface area contributed by atoms with Gasteiger partial charge in [-0.3, -0.25) is 0 Å².